The highest BCUT2D eigenvalue weighted by atomic mass is 19.1. The minimum absolute atomic E-state index is 0.156. The van der Waals surface area contributed by atoms with Crippen LogP contribution in [-0.4, -0.2) is 17.2 Å². The summed E-state index contributed by atoms with van der Waals surface area (Å²) in [6, 6.07) is 0. The first kappa shape index (κ1) is 20.1. The average molecular weight is 300 g/mol. The van der Waals surface area contributed by atoms with Gasteiger partial charge in [0.25, 0.3) is 0 Å². The summed E-state index contributed by atoms with van der Waals surface area (Å²) in [7, 11) is 0. The molecule has 0 aromatic carbocycles. The van der Waals surface area contributed by atoms with Crippen molar-refractivity contribution in [1.29, 1.82) is 0 Å². The summed E-state index contributed by atoms with van der Waals surface area (Å²) in [5, 5.41) is 8.40. The van der Waals surface area contributed by atoms with E-state index in [9.17, 15) is 9.18 Å². The van der Waals surface area contributed by atoms with Gasteiger partial charge in [-0.05, 0) is 38.5 Å². The number of alkyl halides is 1. The van der Waals surface area contributed by atoms with Crippen molar-refractivity contribution in [2.45, 2.75) is 96.6 Å². The van der Waals surface area contributed by atoms with Gasteiger partial charge in [0.2, 0.25) is 0 Å². The lowest BCUT2D eigenvalue weighted by Gasteiger charge is -2.02. The van der Waals surface area contributed by atoms with Crippen molar-refractivity contribution in [3.63, 3.8) is 0 Å². The van der Waals surface area contributed by atoms with Gasteiger partial charge in [0.1, 0.15) is 0 Å². The predicted molar refractivity (Wildman–Crippen MR) is 87.4 cm³/mol. The molecule has 0 aliphatic heterocycles. The zero-order chi connectivity index (χ0) is 15.8. The maximum Gasteiger partial charge on any atom is 0.338 e. The molecule has 2 nitrogen and oxygen atoms in total. The van der Waals surface area contributed by atoms with Crippen LogP contribution in [0, 0.1) is 0 Å². The van der Waals surface area contributed by atoms with Crippen LogP contribution in [-0.2, 0) is 4.79 Å². The van der Waals surface area contributed by atoms with Gasteiger partial charge in [-0.3, -0.25) is 0 Å². The molecule has 21 heavy (non-hydrogen) atoms. The fourth-order valence-corrected chi connectivity index (χ4v) is 2.34. The van der Waals surface area contributed by atoms with Crippen LogP contribution in [0.15, 0.2) is 12.2 Å². The third-order valence-corrected chi connectivity index (χ3v) is 3.74. The molecule has 0 aromatic heterocycles. The van der Waals surface area contributed by atoms with Gasteiger partial charge in [-0.15, -0.1) is 0 Å². The molecule has 0 spiro atoms. The van der Waals surface area contributed by atoms with Crippen LogP contribution in [0.5, 0.6) is 0 Å². The minimum atomic E-state index is -1.68. The molecule has 1 unspecified atom stereocenters. The molecule has 0 aromatic rings. The Morgan fingerprint density at radius 3 is 1.90 bits per heavy atom. The van der Waals surface area contributed by atoms with Gasteiger partial charge in [0.05, 0.1) is 0 Å². The van der Waals surface area contributed by atoms with E-state index in [0.29, 0.717) is 6.42 Å². The third-order valence-electron chi connectivity index (χ3n) is 3.74. The van der Waals surface area contributed by atoms with Crippen molar-refractivity contribution in [3.8, 4) is 0 Å². The number of carboxylic acid groups (broad SMARTS) is 1. The van der Waals surface area contributed by atoms with Gasteiger partial charge in [-0.25, -0.2) is 9.18 Å². The first-order chi connectivity index (χ1) is 10.2. The topological polar surface area (TPSA) is 37.3 Å². The SMILES string of the molecule is CCCCCCCC/C=C/CCCCCCC(F)C(=O)O. The van der Waals surface area contributed by atoms with Crippen molar-refractivity contribution in [1.82, 2.24) is 0 Å². The van der Waals surface area contributed by atoms with Crippen LogP contribution < -0.4 is 0 Å². The Morgan fingerprint density at radius 1 is 0.905 bits per heavy atom. The van der Waals surface area contributed by atoms with Crippen LogP contribution in [0.4, 0.5) is 4.39 Å². The summed E-state index contributed by atoms with van der Waals surface area (Å²) in [6.45, 7) is 2.24. The average Bonchev–Trinajstić information content (AvgIpc) is 2.47. The molecule has 1 N–H and O–H groups in total. The summed E-state index contributed by atoms with van der Waals surface area (Å²) in [5.41, 5.74) is 0. The fraction of sp³-hybridized carbons (Fsp3) is 0.833. The number of halogens is 1. The van der Waals surface area contributed by atoms with Crippen molar-refractivity contribution < 1.29 is 14.3 Å². The smallest absolute Gasteiger partial charge is 0.338 e. The maximum atomic E-state index is 12.8. The van der Waals surface area contributed by atoms with E-state index in [1.807, 2.05) is 0 Å². The summed E-state index contributed by atoms with van der Waals surface area (Å²) in [5.74, 6) is -1.33. The number of allylic oxidation sites excluding steroid dienone is 2. The second-order valence-electron chi connectivity index (χ2n) is 5.83. The number of rotatable bonds is 15. The molecule has 124 valence electrons. The molecule has 0 aliphatic carbocycles. The monoisotopic (exact) mass is 300 g/mol. The van der Waals surface area contributed by atoms with Gasteiger partial charge < -0.3 is 5.11 Å². The van der Waals surface area contributed by atoms with Gasteiger partial charge in [0, 0.05) is 0 Å². The molecule has 1 atom stereocenters. The highest BCUT2D eigenvalue weighted by Gasteiger charge is 2.13. The number of carboxylic acids is 1. The fourth-order valence-electron chi connectivity index (χ4n) is 2.34. The second kappa shape index (κ2) is 15.5. The van der Waals surface area contributed by atoms with Crippen LogP contribution >= 0.6 is 0 Å². The van der Waals surface area contributed by atoms with E-state index >= 15 is 0 Å². The van der Waals surface area contributed by atoms with E-state index in [0.717, 1.165) is 25.7 Å². The highest BCUT2D eigenvalue weighted by molar-refractivity contribution is 5.71. The number of hydrogen-bond donors (Lipinski definition) is 1. The zero-order valence-corrected chi connectivity index (χ0v) is 13.7. The Kier molecular flexibility index (Phi) is 14.9. The molecule has 0 radical (unpaired) electrons. The molecular formula is C18H33FO2. The molecule has 0 bridgehead atoms. The molecular weight excluding hydrogens is 267 g/mol. The van der Waals surface area contributed by atoms with Crippen molar-refractivity contribution in [2.75, 3.05) is 0 Å². The first-order valence-corrected chi connectivity index (χ1v) is 8.70. The first-order valence-electron chi connectivity index (χ1n) is 8.70. The summed E-state index contributed by atoms with van der Waals surface area (Å²) in [6.07, 6.45) is 17.1. The van der Waals surface area contributed by atoms with E-state index in [-0.39, 0.29) is 6.42 Å². The zero-order valence-electron chi connectivity index (χ0n) is 13.7. The van der Waals surface area contributed by atoms with Crippen molar-refractivity contribution >= 4 is 5.97 Å². The minimum Gasteiger partial charge on any atom is -0.479 e. The Bertz CT molecular complexity index is 264. The Hall–Kier alpha value is -0.860. The van der Waals surface area contributed by atoms with Gasteiger partial charge in [-0.1, -0.05) is 64.0 Å². The molecule has 0 rings (SSSR count). The molecule has 0 heterocycles. The van der Waals surface area contributed by atoms with Crippen LogP contribution in [0.3, 0.4) is 0 Å². The van der Waals surface area contributed by atoms with Crippen LogP contribution in [0.1, 0.15) is 90.4 Å². The molecule has 0 amide bonds. The summed E-state index contributed by atoms with van der Waals surface area (Å²) < 4.78 is 12.8. The third kappa shape index (κ3) is 15.3. The normalized spacial score (nSPS) is 12.9. The molecule has 3 heteroatoms. The van der Waals surface area contributed by atoms with E-state index in [1.165, 1.54) is 44.9 Å². The lowest BCUT2D eigenvalue weighted by atomic mass is 10.1. The van der Waals surface area contributed by atoms with Gasteiger partial charge in [0.15, 0.2) is 6.17 Å². The van der Waals surface area contributed by atoms with Gasteiger partial charge >= 0.3 is 5.97 Å². The largest absolute Gasteiger partial charge is 0.479 e. The van der Waals surface area contributed by atoms with Crippen LogP contribution in [0.25, 0.3) is 0 Å². The predicted octanol–water partition coefficient (Wildman–Crippen LogP) is 6.06. The van der Waals surface area contributed by atoms with E-state index in [4.69, 9.17) is 5.11 Å². The lowest BCUT2D eigenvalue weighted by Crippen LogP contribution is -2.13. The Labute approximate surface area is 129 Å². The number of unbranched alkanes of at least 4 members (excludes halogenated alkanes) is 10. The highest BCUT2D eigenvalue weighted by Crippen LogP contribution is 2.11. The number of carbonyl (C=O) groups is 1. The quantitative estimate of drug-likeness (QED) is 0.295. The summed E-state index contributed by atoms with van der Waals surface area (Å²) in [4.78, 5) is 10.3. The molecule has 0 fully saturated rings. The Morgan fingerprint density at radius 2 is 1.38 bits per heavy atom. The van der Waals surface area contributed by atoms with E-state index in [1.54, 1.807) is 0 Å². The Balaban J connectivity index is 3.17. The van der Waals surface area contributed by atoms with Crippen LogP contribution in [0.2, 0.25) is 0 Å². The standard InChI is InChI=1S/C18H33FO2/c1-2-3-4-5-6-7-8-9-10-11-12-13-14-15-16-17(19)18(20)21/h9-10,17H,2-8,11-16H2,1H3,(H,20,21)/b10-9+. The number of hydrogen-bond acceptors (Lipinski definition) is 1. The van der Waals surface area contributed by atoms with E-state index < -0.39 is 12.1 Å². The maximum absolute atomic E-state index is 12.8. The molecule has 0 saturated heterocycles. The van der Waals surface area contributed by atoms with E-state index in [2.05, 4.69) is 19.1 Å². The second-order valence-corrected chi connectivity index (χ2v) is 5.83. The lowest BCUT2D eigenvalue weighted by molar-refractivity contribution is -0.143. The summed E-state index contributed by atoms with van der Waals surface area (Å²) >= 11 is 0. The van der Waals surface area contributed by atoms with Crippen molar-refractivity contribution in [3.05, 3.63) is 12.2 Å². The number of aliphatic carboxylic acids is 1. The van der Waals surface area contributed by atoms with Crippen molar-refractivity contribution in [2.24, 2.45) is 0 Å². The molecule has 0 saturated carbocycles. The molecule has 0 aliphatic rings. The van der Waals surface area contributed by atoms with Gasteiger partial charge in [-0.2, -0.15) is 0 Å².